The van der Waals surface area contributed by atoms with Crippen LogP contribution in [0, 0.1) is 5.92 Å². The van der Waals surface area contributed by atoms with Gasteiger partial charge in [0, 0.05) is 49.8 Å². The number of rotatable bonds is 8. The lowest BCUT2D eigenvalue weighted by Crippen LogP contribution is -2.57. The van der Waals surface area contributed by atoms with Crippen molar-refractivity contribution in [1.29, 1.82) is 0 Å². The molecule has 2 aliphatic carbocycles. The van der Waals surface area contributed by atoms with Crippen LogP contribution in [0.5, 0.6) is 5.75 Å². The minimum absolute atomic E-state index is 0.0172. The van der Waals surface area contributed by atoms with E-state index in [4.69, 9.17) is 9.47 Å². The standard InChI is InChI=1S/C25H33N3O6/c29-12-7-26-24(31)18-15-19(22(30)23-21(18)17-3-1-2-4-20(17)34-23)28(25(32)16-5-6-16)9-8-27-10-13-33-14-11-27/h1-4,15-16,19,21-23,29-30H,5-14H2,(H,26,31)/t19-,21+,22+,23+/m1/s1. The SMILES string of the molecule is O=C(NCCO)C1=C[C@@H](N(CCN2CCOCC2)C(=O)C2CC2)[C@H](O)[C@H]2Oc3ccccc3[C@@H]12. The molecule has 4 atom stereocenters. The van der Waals surface area contributed by atoms with Crippen molar-refractivity contribution in [3.63, 3.8) is 0 Å². The number of amides is 2. The van der Waals surface area contributed by atoms with Gasteiger partial charge < -0.3 is 29.9 Å². The number of hydrogen-bond acceptors (Lipinski definition) is 7. The Morgan fingerprint density at radius 1 is 1.18 bits per heavy atom. The lowest BCUT2D eigenvalue weighted by Gasteiger charge is -2.41. The van der Waals surface area contributed by atoms with Crippen LogP contribution < -0.4 is 10.1 Å². The molecule has 0 unspecified atom stereocenters. The fourth-order valence-corrected chi connectivity index (χ4v) is 5.24. The minimum atomic E-state index is -0.973. The summed E-state index contributed by atoms with van der Waals surface area (Å²) in [6.45, 7) is 4.08. The average Bonchev–Trinajstić information content (AvgIpc) is 3.64. The number of hydrogen-bond donors (Lipinski definition) is 3. The normalized spacial score (nSPS) is 28.4. The molecule has 2 heterocycles. The fraction of sp³-hybridized carbons (Fsp3) is 0.600. The van der Waals surface area contributed by atoms with Crippen LogP contribution in [0.3, 0.4) is 0 Å². The summed E-state index contributed by atoms with van der Waals surface area (Å²) in [7, 11) is 0. The van der Waals surface area contributed by atoms with Gasteiger partial charge in [0.1, 0.15) is 18.0 Å². The van der Waals surface area contributed by atoms with E-state index in [1.807, 2.05) is 24.3 Å². The van der Waals surface area contributed by atoms with Crippen LogP contribution in [-0.4, -0.2) is 103 Å². The number of carbonyl (C=O) groups excluding carboxylic acids is 2. The Labute approximate surface area is 199 Å². The molecule has 4 aliphatic rings. The van der Waals surface area contributed by atoms with Crippen molar-refractivity contribution < 1.29 is 29.3 Å². The van der Waals surface area contributed by atoms with Gasteiger partial charge in [0.05, 0.1) is 31.8 Å². The predicted octanol–water partition coefficient (Wildman–Crippen LogP) is -0.120. The van der Waals surface area contributed by atoms with E-state index < -0.39 is 24.2 Å². The molecule has 1 saturated carbocycles. The van der Waals surface area contributed by atoms with Gasteiger partial charge >= 0.3 is 0 Å². The van der Waals surface area contributed by atoms with E-state index in [2.05, 4.69) is 10.2 Å². The lowest BCUT2D eigenvalue weighted by atomic mass is 9.77. The molecule has 2 amide bonds. The molecule has 184 valence electrons. The molecule has 0 aromatic heterocycles. The van der Waals surface area contributed by atoms with Crippen molar-refractivity contribution in [3.8, 4) is 5.75 Å². The van der Waals surface area contributed by atoms with Gasteiger partial charge in [0.2, 0.25) is 11.8 Å². The zero-order valence-corrected chi connectivity index (χ0v) is 19.3. The molecule has 34 heavy (non-hydrogen) atoms. The third kappa shape index (κ3) is 4.57. The van der Waals surface area contributed by atoms with Crippen molar-refractivity contribution in [1.82, 2.24) is 15.1 Å². The van der Waals surface area contributed by atoms with Crippen molar-refractivity contribution in [2.24, 2.45) is 5.92 Å². The smallest absolute Gasteiger partial charge is 0.247 e. The Morgan fingerprint density at radius 2 is 1.94 bits per heavy atom. The van der Waals surface area contributed by atoms with Gasteiger partial charge in [-0.1, -0.05) is 18.2 Å². The molecular formula is C25H33N3O6. The van der Waals surface area contributed by atoms with Crippen LogP contribution >= 0.6 is 0 Å². The molecular weight excluding hydrogens is 438 g/mol. The molecule has 2 aliphatic heterocycles. The number of carbonyl (C=O) groups is 2. The topological polar surface area (TPSA) is 112 Å². The maximum absolute atomic E-state index is 13.3. The number of morpholine rings is 1. The maximum Gasteiger partial charge on any atom is 0.247 e. The lowest BCUT2D eigenvalue weighted by molar-refractivity contribution is -0.139. The highest BCUT2D eigenvalue weighted by Gasteiger charge is 2.51. The van der Waals surface area contributed by atoms with E-state index >= 15 is 0 Å². The molecule has 9 heteroatoms. The number of fused-ring (bicyclic) bond motifs is 3. The molecule has 0 bridgehead atoms. The van der Waals surface area contributed by atoms with Gasteiger partial charge in [-0.3, -0.25) is 14.5 Å². The Hall–Kier alpha value is -2.46. The van der Waals surface area contributed by atoms with Gasteiger partial charge in [-0.05, 0) is 25.0 Å². The molecule has 9 nitrogen and oxygen atoms in total. The predicted molar refractivity (Wildman–Crippen MR) is 123 cm³/mol. The Balaban J connectivity index is 1.46. The zero-order valence-electron chi connectivity index (χ0n) is 19.3. The molecule has 5 rings (SSSR count). The van der Waals surface area contributed by atoms with Crippen molar-refractivity contribution in [2.45, 2.75) is 37.0 Å². The Kier molecular flexibility index (Phi) is 6.87. The molecule has 0 radical (unpaired) electrons. The third-order valence-electron chi connectivity index (χ3n) is 7.21. The highest BCUT2D eigenvalue weighted by atomic mass is 16.5. The summed E-state index contributed by atoms with van der Waals surface area (Å²) in [6, 6.07) is 6.83. The maximum atomic E-state index is 13.3. The van der Waals surface area contributed by atoms with Crippen LogP contribution in [0.25, 0.3) is 0 Å². The van der Waals surface area contributed by atoms with Crippen molar-refractivity contribution >= 4 is 11.8 Å². The number of para-hydroxylation sites is 1. The fourth-order valence-electron chi connectivity index (χ4n) is 5.24. The summed E-state index contributed by atoms with van der Waals surface area (Å²) in [5.74, 6) is -0.0908. The van der Waals surface area contributed by atoms with Gasteiger partial charge in [-0.25, -0.2) is 0 Å². The van der Waals surface area contributed by atoms with Gasteiger partial charge in [-0.15, -0.1) is 0 Å². The highest BCUT2D eigenvalue weighted by Crippen LogP contribution is 2.47. The molecule has 1 aromatic carbocycles. The first-order valence-corrected chi connectivity index (χ1v) is 12.2. The van der Waals surface area contributed by atoms with Crippen LogP contribution in [0.2, 0.25) is 0 Å². The molecule has 2 fully saturated rings. The van der Waals surface area contributed by atoms with E-state index in [1.165, 1.54) is 0 Å². The summed E-state index contributed by atoms with van der Waals surface area (Å²) in [5, 5.41) is 23.4. The van der Waals surface area contributed by atoms with E-state index in [-0.39, 0.29) is 30.9 Å². The number of aliphatic hydroxyl groups is 2. The van der Waals surface area contributed by atoms with E-state index in [1.54, 1.807) is 11.0 Å². The number of aliphatic hydroxyl groups excluding tert-OH is 2. The monoisotopic (exact) mass is 471 g/mol. The summed E-state index contributed by atoms with van der Waals surface area (Å²) in [6.07, 6.45) is 1.83. The molecule has 3 N–H and O–H groups in total. The minimum Gasteiger partial charge on any atom is -0.486 e. The Bertz CT molecular complexity index is 942. The second kappa shape index (κ2) is 10.0. The number of benzene rings is 1. The Morgan fingerprint density at radius 3 is 2.68 bits per heavy atom. The largest absolute Gasteiger partial charge is 0.486 e. The second-order valence-corrected chi connectivity index (χ2v) is 9.44. The van der Waals surface area contributed by atoms with Crippen molar-refractivity contribution in [3.05, 3.63) is 41.5 Å². The van der Waals surface area contributed by atoms with E-state index in [0.717, 1.165) is 31.5 Å². The first kappa shape index (κ1) is 23.3. The van der Waals surface area contributed by atoms with Crippen LogP contribution in [0.15, 0.2) is 35.9 Å². The number of nitrogens with one attached hydrogen (secondary N) is 1. The summed E-state index contributed by atoms with van der Waals surface area (Å²) >= 11 is 0. The summed E-state index contributed by atoms with van der Waals surface area (Å²) in [5.41, 5.74) is 1.32. The van der Waals surface area contributed by atoms with Gasteiger partial charge in [0.15, 0.2) is 0 Å². The molecule has 1 saturated heterocycles. The summed E-state index contributed by atoms with van der Waals surface area (Å²) < 4.78 is 11.6. The quantitative estimate of drug-likeness (QED) is 0.485. The van der Waals surface area contributed by atoms with E-state index in [0.29, 0.717) is 37.6 Å². The molecule has 0 spiro atoms. The van der Waals surface area contributed by atoms with E-state index in [9.17, 15) is 19.8 Å². The summed E-state index contributed by atoms with van der Waals surface area (Å²) in [4.78, 5) is 30.5. The van der Waals surface area contributed by atoms with Crippen molar-refractivity contribution in [2.75, 3.05) is 52.5 Å². The third-order valence-corrected chi connectivity index (χ3v) is 7.21. The van der Waals surface area contributed by atoms with Gasteiger partial charge in [-0.2, -0.15) is 0 Å². The number of ether oxygens (including phenoxy) is 2. The number of nitrogens with zero attached hydrogens (tertiary/aromatic N) is 2. The first-order chi connectivity index (χ1) is 16.6. The average molecular weight is 472 g/mol. The van der Waals surface area contributed by atoms with Crippen LogP contribution in [0.4, 0.5) is 0 Å². The highest BCUT2D eigenvalue weighted by molar-refractivity contribution is 5.96. The second-order valence-electron chi connectivity index (χ2n) is 9.44. The van der Waals surface area contributed by atoms with Crippen LogP contribution in [0.1, 0.15) is 24.3 Å². The molecule has 1 aromatic rings. The zero-order chi connectivity index (χ0) is 23.7. The van der Waals surface area contributed by atoms with Gasteiger partial charge in [0.25, 0.3) is 0 Å². The van der Waals surface area contributed by atoms with Crippen LogP contribution in [-0.2, 0) is 14.3 Å². The first-order valence-electron chi connectivity index (χ1n) is 12.2.